The molecule has 21 heavy (non-hydrogen) atoms. The zero-order valence-corrected chi connectivity index (χ0v) is 13.0. The first-order chi connectivity index (χ1) is 10.1. The van der Waals surface area contributed by atoms with E-state index in [1.807, 2.05) is 13.0 Å². The number of nitro groups is 1. The molecule has 0 unspecified atom stereocenters. The summed E-state index contributed by atoms with van der Waals surface area (Å²) in [6.07, 6.45) is 5.33. The van der Waals surface area contributed by atoms with E-state index in [9.17, 15) is 10.1 Å². The highest BCUT2D eigenvalue weighted by Crippen LogP contribution is 2.30. The van der Waals surface area contributed by atoms with Gasteiger partial charge < -0.3 is 10.2 Å². The Morgan fingerprint density at radius 2 is 2.10 bits per heavy atom. The van der Waals surface area contributed by atoms with Crippen LogP contribution in [-0.4, -0.2) is 30.0 Å². The van der Waals surface area contributed by atoms with E-state index in [0.29, 0.717) is 12.2 Å². The zero-order chi connectivity index (χ0) is 15.2. The summed E-state index contributed by atoms with van der Waals surface area (Å²) in [6.45, 7) is 4.47. The van der Waals surface area contributed by atoms with E-state index in [1.54, 1.807) is 12.1 Å². The highest BCUT2D eigenvalue weighted by Gasteiger charge is 2.20. The van der Waals surface area contributed by atoms with E-state index >= 15 is 0 Å². The summed E-state index contributed by atoms with van der Waals surface area (Å²) >= 11 is 0. The third-order valence-electron chi connectivity index (χ3n) is 4.16. The van der Waals surface area contributed by atoms with Crippen molar-refractivity contribution in [3.8, 4) is 0 Å². The first-order valence-corrected chi connectivity index (χ1v) is 7.80. The molecule has 116 valence electrons. The molecule has 0 heterocycles. The van der Waals surface area contributed by atoms with Gasteiger partial charge in [-0.05, 0) is 38.3 Å². The normalized spacial score (nSPS) is 15.6. The topological polar surface area (TPSA) is 58.4 Å². The van der Waals surface area contributed by atoms with E-state index in [2.05, 4.69) is 17.3 Å². The van der Waals surface area contributed by atoms with Crippen molar-refractivity contribution in [3.05, 3.63) is 33.9 Å². The van der Waals surface area contributed by atoms with Crippen molar-refractivity contribution >= 4 is 11.4 Å². The fraction of sp³-hybridized carbons (Fsp3) is 0.625. The lowest BCUT2D eigenvalue weighted by atomic mass is 10.1. The Hall–Kier alpha value is -1.62. The molecule has 0 spiro atoms. The fourth-order valence-corrected chi connectivity index (χ4v) is 3.24. The third-order valence-corrected chi connectivity index (χ3v) is 4.16. The van der Waals surface area contributed by atoms with Crippen LogP contribution in [0.4, 0.5) is 11.4 Å². The monoisotopic (exact) mass is 291 g/mol. The molecule has 0 amide bonds. The van der Waals surface area contributed by atoms with Crippen LogP contribution >= 0.6 is 0 Å². The van der Waals surface area contributed by atoms with Crippen LogP contribution in [0.1, 0.15) is 38.2 Å². The Morgan fingerprint density at radius 3 is 2.71 bits per heavy atom. The standard InChI is InChI=1S/C16H25N3O2/c1-3-17-16-14(9-6-10-15(16)19(20)21)12-18(2)11-13-7-4-5-8-13/h6,9-10,13,17H,3-5,7-8,11-12H2,1-2H3. The summed E-state index contributed by atoms with van der Waals surface area (Å²) in [5, 5.41) is 14.3. The Balaban J connectivity index is 2.10. The van der Waals surface area contributed by atoms with Crippen LogP contribution in [0.25, 0.3) is 0 Å². The Labute approximate surface area is 126 Å². The second-order valence-corrected chi connectivity index (χ2v) is 5.95. The average Bonchev–Trinajstić information content (AvgIpc) is 2.93. The molecule has 0 radical (unpaired) electrons. The van der Waals surface area contributed by atoms with Crippen LogP contribution in [0.5, 0.6) is 0 Å². The van der Waals surface area contributed by atoms with Crippen LogP contribution in [-0.2, 0) is 6.54 Å². The summed E-state index contributed by atoms with van der Waals surface area (Å²) < 4.78 is 0. The molecule has 0 aliphatic heterocycles. The first-order valence-electron chi connectivity index (χ1n) is 7.80. The van der Waals surface area contributed by atoms with Crippen molar-refractivity contribution in [2.45, 2.75) is 39.2 Å². The van der Waals surface area contributed by atoms with E-state index in [0.717, 1.165) is 24.6 Å². The summed E-state index contributed by atoms with van der Waals surface area (Å²) in [4.78, 5) is 13.1. The van der Waals surface area contributed by atoms with Gasteiger partial charge in [0.25, 0.3) is 5.69 Å². The van der Waals surface area contributed by atoms with E-state index in [-0.39, 0.29) is 10.6 Å². The van der Waals surface area contributed by atoms with Crippen LogP contribution in [0.15, 0.2) is 18.2 Å². The molecular weight excluding hydrogens is 266 g/mol. The predicted molar refractivity (Wildman–Crippen MR) is 85.6 cm³/mol. The highest BCUT2D eigenvalue weighted by molar-refractivity contribution is 5.66. The van der Waals surface area contributed by atoms with Crippen LogP contribution in [0.2, 0.25) is 0 Å². The van der Waals surface area contributed by atoms with Crippen molar-refractivity contribution in [1.82, 2.24) is 4.90 Å². The highest BCUT2D eigenvalue weighted by atomic mass is 16.6. The van der Waals surface area contributed by atoms with Crippen molar-refractivity contribution < 1.29 is 4.92 Å². The van der Waals surface area contributed by atoms with Gasteiger partial charge in [0.2, 0.25) is 0 Å². The molecule has 0 bridgehead atoms. The Morgan fingerprint density at radius 1 is 1.38 bits per heavy atom. The summed E-state index contributed by atoms with van der Waals surface area (Å²) in [5.74, 6) is 0.788. The van der Waals surface area contributed by atoms with Crippen molar-refractivity contribution in [3.63, 3.8) is 0 Å². The zero-order valence-electron chi connectivity index (χ0n) is 13.0. The minimum atomic E-state index is -0.307. The number of benzene rings is 1. The Kier molecular flexibility index (Phi) is 5.56. The van der Waals surface area contributed by atoms with Crippen LogP contribution in [0, 0.1) is 16.0 Å². The lowest BCUT2D eigenvalue weighted by Crippen LogP contribution is -2.24. The number of rotatable bonds is 7. The maximum absolute atomic E-state index is 11.2. The molecule has 1 aliphatic rings. The van der Waals surface area contributed by atoms with Gasteiger partial charge >= 0.3 is 0 Å². The molecule has 1 aromatic carbocycles. The number of hydrogen-bond acceptors (Lipinski definition) is 4. The summed E-state index contributed by atoms with van der Waals surface area (Å²) in [7, 11) is 2.10. The SMILES string of the molecule is CCNc1c(CN(C)CC2CCCC2)cccc1[N+](=O)[O-]. The molecule has 1 fully saturated rings. The molecule has 1 aromatic rings. The third kappa shape index (κ3) is 4.17. The maximum Gasteiger partial charge on any atom is 0.292 e. The summed E-state index contributed by atoms with van der Waals surface area (Å²) in [6, 6.07) is 5.33. The van der Waals surface area contributed by atoms with Gasteiger partial charge in [0, 0.05) is 25.7 Å². The summed E-state index contributed by atoms with van der Waals surface area (Å²) in [5.41, 5.74) is 1.85. The van der Waals surface area contributed by atoms with E-state index in [1.165, 1.54) is 25.7 Å². The predicted octanol–water partition coefficient (Wildman–Crippen LogP) is 3.65. The smallest absolute Gasteiger partial charge is 0.292 e. The maximum atomic E-state index is 11.2. The quantitative estimate of drug-likeness (QED) is 0.615. The minimum absolute atomic E-state index is 0.170. The number of hydrogen-bond donors (Lipinski definition) is 1. The van der Waals surface area contributed by atoms with Crippen LogP contribution in [0.3, 0.4) is 0 Å². The molecule has 1 N–H and O–H groups in total. The molecule has 5 nitrogen and oxygen atoms in total. The van der Waals surface area contributed by atoms with E-state index in [4.69, 9.17) is 0 Å². The van der Waals surface area contributed by atoms with Gasteiger partial charge in [-0.15, -0.1) is 0 Å². The van der Waals surface area contributed by atoms with Gasteiger partial charge in [-0.1, -0.05) is 25.0 Å². The van der Waals surface area contributed by atoms with Gasteiger partial charge in [-0.3, -0.25) is 10.1 Å². The largest absolute Gasteiger partial charge is 0.380 e. The number of nitrogens with one attached hydrogen (secondary N) is 1. The van der Waals surface area contributed by atoms with Crippen LogP contribution < -0.4 is 5.32 Å². The van der Waals surface area contributed by atoms with Gasteiger partial charge in [-0.25, -0.2) is 0 Å². The van der Waals surface area contributed by atoms with Gasteiger partial charge in [0.05, 0.1) is 4.92 Å². The van der Waals surface area contributed by atoms with Gasteiger partial charge in [-0.2, -0.15) is 0 Å². The molecule has 0 saturated heterocycles. The van der Waals surface area contributed by atoms with Crippen molar-refractivity contribution in [2.75, 3.05) is 25.5 Å². The number of para-hydroxylation sites is 1. The molecule has 1 saturated carbocycles. The lowest BCUT2D eigenvalue weighted by Gasteiger charge is -2.22. The molecule has 5 heteroatoms. The van der Waals surface area contributed by atoms with Gasteiger partial charge in [0.1, 0.15) is 5.69 Å². The molecular formula is C16H25N3O2. The second kappa shape index (κ2) is 7.41. The van der Waals surface area contributed by atoms with E-state index < -0.39 is 0 Å². The molecule has 2 rings (SSSR count). The second-order valence-electron chi connectivity index (χ2n) is 5.95. The van der Waals surface area contributed by atoms with Crippen molar-refractivity contribution in [2.24, 2.45) is 5.92 Å². The lowest BCUT2D eigenvalue weighted by molar-refractivity contribution is -0.384. The van der Waals surface area contributed by atoms with Crippen molar-refractivity contribution in [1.29, 1.82) is 0 Å². The first kappa shape index (κ1) is 15.8. The van der Waals surface area contributed by atoms with Gasteiger partial charge in [0.15, 0.2) is 0 Å². The Bertz CT molecular complexity index is 484. The molecule has 0 aromatic heterocycles. The number of anilines is 1. The molecule has 1 aliphatic carbocycles. The number of nitro benzene ring substituents is 1. The minimum Gasteiger partial charge on any atom is -0.380 e. The number of nitrogens with zero attached hydrogens (tertiary/aromatic N) is 2. The average molecular weight is 291 g/mol. The molecule has 0 atom stereocenters. The fourth-order valence-electron chi connectivity index (χ4n) is 3.24.